The molecule has 1 fully saturated rings. The molecule has 0 aliphatic carbocycles. The van der Waals surface area contributed by atoms with Gasteiger partial charge in [-0.05, 0) is 6.92 Å². The molecule has 0 radical (unpaired) electrons. The lowest BCUT2D eigenvalue weighted by molar-refractivity contribution is 0.0617. The fraction of sp³-hybridized carbons (Fsp3) is 0.467. The smallest absolute Gasteiger partial charge is 0.319 e. The number of anilines is 1. The fourth-order valence-corrected chi connectivity index (χ4v) is 2.89. The van der Waals surface area contributed by atoms with Gasteiger partial charge in [-0.25, -0.2) is 15.0 Å². The van der Waals surface area contributed by atoms with E-state index in [2.05, 4.69) is 19.9 Å². The van der Waals surface area contributed by atoms with Crippen LogP contribution in [-0.4, -0.2) is 50.1 Å². The van der Waals surface area contributed by atoms with E-state index in [1.54, 1.807) is 6.20 Å². The number of nitrogens with zero attached hydrogens (tertiary/aromatic N) is 7. The van der Waals surface area contributed by atoms with E-state index in [9.17, 15) is 8.78 Å². The van der Waals surface area contributed by atoms with Crippen LogP contribution in [0.4, 0.5) is 14.6 Å². The molecular weight excluding hydrogens is 316 g/mol. The van der Waals surface area contributed by atoms with Crippen LogP contribution in [0.15, 0.2) is 24.8 Å². The van der Waals surface area contributed by atoms with Crippen LogP contribution < -0.4 is 4.90 Å². The summed E-state index contributed by atoms with van der Waals surface area (Å²) in [5, 5.41) is 9.15. The van der Waals surface area contributed by atoms with Gasteiger partial charge in [0.05, 0.1) is 6.54 Å². The van der Waals surface area contributed by atoms with E-state index in [1.807, 2.05) is 17.9 Å². The molecule has 126 valence electrons. The fourth-order valence-electron chi connectivity index (χ4n) is 2.89. The molecule has 2 aromatic heterocycles. The Kier molecular flexibility index (Phi) is 4.66. The zero-order valence-electron chi connectivity index (χ0n) is 13.2. The molecule has 1 saturated heterocycles. The van der Waals surface area contributed by atoms with E-state index in [4.69, 9.17) is 5.26 Å². The minimum atomic E-state index is -2.59. The van der Waals surface area contributed by atoms with Crippen LogP contribution in [-0.2, 0) is 6.54 Å². The molecule has 0 saturated carbocycles. The Labute approximate surface area is 138 Å². The second kappa shape index (κ2) is 6.88. The summed E-state index contributed by atoms with van der Waals surface area (Å²) in [6.45, 7) is 1.74. The first-order valence-corrected chi connectivity index (χ1v) is 7.60. The van der Waals surface area contributed by atoms with Crippen molar-refractivity contribution in [3.05, 3.63) is 36.3 Å². The number of halogens is 2. The summed E-state index contributed by atoms with van der Waals surface area (Å²) >= 11 is 0. The first-order valence-electron chi connectivity index (χ1n) is 7.60. The Morgan fingerprint density at radius 2 is 2.04 bits per heavy atom. The Balaban J connectivity index is 1.70. The van der Waals surface area contributed by atoms with E-state index in [-0.39, 0.29) is 6.04 Å². The van der Waals surface area contributed by atoms with Crippen LogP contribution in [0, 0.1) is 11.3 Å². The van der Waals surface area contributed by atoms with Gasteiger partial charge < -0.3 is 4.90 Å². The van der Waals surface area contributed by atoms with Gasteiger partial charge >= 0.3 is 6.55 Å². The second-order valence-corrected chi connectivity index (χ2v) is 5.63. The summed E-state index contributed by atoms with van der Waals surface area (Å²) in [6.07, 6.45) is 5.74. The molecule has 1 aliphatic heterocycles. The summed E-state index contributed by atoms with van der Waals surface area (Å²) in [4.78, 5) is 16.4. The third-order valence-electron chi connectivity index (χ3n) is 4.15. The quantitative estimate of drug-likeness (QED) is 0.847. The molecule has 24 heavy (non-hydrogen) atoms. The molecule has 0 spiro atoms. The summed E-state index contributed by atoms with van der Waals surface area (Å²) < 4.78 is 26.7. The molecule has 1 unspecified atom stereocenters. The molecule has 9 heteroatoms. The van der Waals surface area contributed by atoms with E-state index in [1.165, 1.54) is 18.6 Å². The van der Waals surface area contributed by atoms with E-state index < -0.39 is 6.55 Å². The number of hydrogen-bond donors (Lipinski definition) is 0. The minimum Gasteiger partial charge on any atom is -0.351 e. The van der Waals surface area contributed by atoms with Crippen molar-refractivity contribution in [2.24, 2.45) is 0 Å². The zero-order chi connectivity index (χ0) is 17.1. The summed E-state index contributed by atoms with van der Waals surface area (Å²) in [6, 6.07) is 2.16. The second-order valence-electron chi connectivity index (χ2n) is 5.63. The summed E-state index contributed by atoms with van der Waals surface area (Å²) in [5.74, 6) is 0.920. The number of nitriles is 1. The number of imidazole rings is 1. The zero-order valence-corrected chi connectivity index (χ0v) is 13.2. The highest BCUT2D eigenvalue weighted by Crippen LogP contribution is 2.21. The minimum absolute atomic E-state index is 0.107. The lowest BCUT2D eigenvalue weighted by Crippen LogP contribution is -2.52. The van der Waals surface area contributed by atoms with Gasteiger partial charge in [0.15, 0.2) is 11.5 Å². The molecular formula is C15H17F2N7. The molecule has 0 amide bonds. The van der Waals surface area contributed by atoms with Crippen molar-refractivity contribution in [3.8, 4) is 6.07 Å². The average Bonchev–Trinajstić information content (AvgIpc) is 3.05. The third kappa shape index (κ3) is 3.19. The highest BCUT2D eigenvalue weighted by atomic mass is 19.3. The normalized spacial score (nSPS) is 18.8. The number of rotatable bonds is 4. The van der Waals surface area contributed by atoms with Gasteiger partial charge in [-0.2, -0.15) is 14.0 Å². The first kappa shape index (κ1) is 16.3. The van der Waals surface area contributed by atoms with Gasteiger partial charge in [0, 0.05) is 50.5 Å². The summed E-state index contributed by atoms with van der Waals surface area (Å²) in [7, 11) is 0. The van der Waals surface area contributed by atoms with Crippen molar-refractivity contribution in [1.82, 2.24) is 24.4 Å². The van der Waals surface area contributed by atoms with Crippen LogP contribution >= 0.6 is 0 Å². The highest BCUT2D eigenvalue weighted by molar-refractivity contribution is 5.49. The number of aromatic nitrogens is 4. The molecule has 7 nitrogen and oxygen atoms in total. The largest absolute Gasteiger partial charge is 0.351 e. The van der Waals surface area contributed by atoms with Gasteiger partial charge in [0.1, 0.15) is 11.9 Å². The van der Waals surface area contributed by atoms with Crippen molar-refractivity contribution in [3.63, 3.8) is 0 Å². The molecule has 0 aromatic carbocycles. The SMILES string of the molecule is CC1CN(c2nccnc2C#N)CCN1Cc1nccn1C(F)F. The van der Waals surface area contributed by atoms with Gasteiger partial charge in [0.2, 0.25) is 0 Å². The monoisotopic (exact) mass is 333 g/mol. The van der Waals surface area contributed by atoms with Gasteiger partial charge in [-0.3, -0.25) is 9.47 Å². The first-order chi connectivity index (χ1) is 11.6. The number of hydrogen-bond acceptors (Lipinski definition) is 6. The van der Waals surface area contributed by atoms with Crippen molar-refractivity contribution < 1.29 is 8.78 Å². The van der Waals surface area contributed by atoms with Crippen LogP contribution in [0.25, 0.3) is 0 Å². The topological polar surface area (TPSA) is 73.9 Å². The maximum absolute atomic E-state index is 12.9. The molecule has 3 heterocycles. The maximum atomic E-state index is 12.9. The molecule has 1 atom stereocenters. The summed E-state index contributed by atoms with van der Waals surface area (Å²) in [5.41, 5.74) is 0.298. The van der Waals surface area contributed by atoms with E-state index in [0.29, 0.717) is 43.5 Å². The molecule has 0 N–H and O–H groups in total. The van der Waals surface area contributed by atoms with Crippen molar-refractivity contribution in [1.29, 1.82) is 5.26 Å². The van der Waals surface area contributed by atoms with E-state index in [0.717, 1.165) is 4.57 Å². The highest BCUT2D eigenvalue weighted by Gasteiger charge is 2.27. The lowest BCUT2D eigenvalue weighted by atomic mass is 10.2. The predicted molar refractivity (Wildman–Crippen MR) is 82.3 cm³/mol. The molecule has 2 aromatic rings. The molecule has 3 rings (SSSR count). The number of alkyl halides is 2. The molecule has 0 bridgehead atoms. The van der Waals surface area contributed by atoms with Gasteiger partial charge in [0.25, 0.3) is 0 Å². The van der Waals surface area contributed by atoms with Crippen molar-refractivity contribution in [2.75, 3.05) is 24.5 Å². The lowest BCUT2D eigenvalue weighted by Gasteiger charge is -2.40. The molecule has 1 aliphatic rings. The Hall–Kier alpha value is -2.60. The van der Waals surface area contributed by atoms with Crippen LogP contribution in [0.3, 0.4) is 0 Å². The van der Waals surface area contributed by atoms with Gasteiger partial charge in [-0.1, -0.05) is 0 Å². The van der Waals surface area contributed by atoms with E-state index >= 15 is 0 Å². The van der Waals surface area contributed by atoms with Crippen LogP contribution in [0.2, 0.25) is 0 Å². The number of piperazine rings is 1. The Morgan fingerprint density at radius 3 is 2.75 bits per heavy atom. The van der Waals surface area contributed by atoms with Gasteiger partial charge in [-0.15, -0.1) is 0 Å². The predicted octanol–water partition coefficient (Wildman–Crippen LogP) is 1.65. The third-order valence-corrected chi connectivity index (χ3v) is 4.15. The Morgan fingerprint density at radius 1 is 1.25 bits per heavy atom. The Bertz CT molecular complexity index is 739. The average molecular weight is 333 g/mol. The standard InChI is InChI=1S/C15H17F2N7/c1-11-9-23(14-12(8-18)19-2-3-21-14)7-6-22(11)10-13-20-4-5-24(13)15(16)17/h2-5,11,15H,6-7,9-10H2,1H3. The van der Waals surface area contributed by atoms with Crippen LogP contribution in [0.5, 0.6) is 0 Å². The van der Waals surface area contributed by atoms with Crippen LogP contribution in [0.1, 0.15) is 25.0 Å². The van der Waals surface area contributed by atoms with Crippen molar-refractivity contribution >= 4 is 5.82 Å². The van der Waals surface area contributed by atoms with Crippen molar-refractivity contribution in [2.45, 2.75) is 26.1 Å². The maximum Gasteiger partial charge on any atom is 0.319 e.